The van der Waals surface area contributed by atoms with Crippen LogP contribution in [0.1, 0.15) is 16.9 Å². The molecule has 0 aromatic carbocycles. The average Bonchev–Trinajstić information content (AvgIpc) is 3.21. The van der Waals surface area contributed by atoms with E-state index in [9.17, 15) is 4.79 Å². The first-order chi connectivity index (χ1) is 11.2. The molecule has 0 aliphatic carbocycles. The summed E-state index contributed by atoms with van der Waals surface area (Å²) in [7, 11) is 1.81. The van der Waals surface area contributed by atoms with Gasteiger partial charge in [0, 0.05) is 26.7 Å². The predicted octanol–water partition coefficient (Wildman–Crippen LogP) is 1.60. The number of rotatable bonds is 6. The highest BCUT2D eigenvalue weighted by Gasteiger charge is 2.15. The molecule has 0 spiro atoms. The molecule has 7 heteroatoms. The highest BCUT2D eigenvalue weighted by molar-refractivity contribution is 7.13. The number of morpholine rings is 1. The summed E-state index contributed by atoms with van der Waals surface area (Å²) >= 11 is 1.62. The molecule has 3 rings (SSSR count). The molecule has 23 heavy (non-hydrogen) atoms. The Kier molecular flexibility index (Phi) is 5.43. The highest BCUT2D eigenvalue weighted by Crippen LogP contribution is 2.23. The van der Waals surface area contributed by atoms with Crippen molar-refractivity contribution < 1.29 is 9.53 Å². The van der Waals surface area contributed by atoms with Crippen molar-refractivity contribution in [1.82, 2.24) is 20.0 Å². The van der Waals surface area contributed by atoms with Gasteiger partial charge in [0.1, 0.15) is 11.4 Å². The summed E-state index contributed by atoms with van der Waals surface area (Å²) in [6, 6.07) is 5.85. The van der Waals surface area contributed by atoms with Gasteiger partial charge in [-0.15, -0.1) is 11.3 Å². The normalized spacial score (nSPS) is 15.7. The Morgan fingerprint density at radius 3 is 3.00 bits per heavy atom. The van der Waals surface area contributed by atoms with Crippen molar-refractivity contribution in [2.45, 2.75) is 6.42 Å². The number of carbonyl (C=O) groups is 1. The number of hydrogen-bond acceptors (Lipinski definition) is 5. The number of hydrogen-bond donors (Lipinski definition) is 1. The summed E-state index contributed by atoms with van der Waals surface area (Å²) in [6.45, 7) is 5.27. The van der Waals surface area contributed by atoms with Crippen LogP contribution in [0.5, 0.6) is 0 Å². The van der Waals surface area contributed by atoms with Gasteiger partial charge in [0.15, 0.2) is 0 Å². The van der Waals surface area contributed by atoms with Crippen molar-refractivity contribution in [3.63, 3.8) is 0 Å². The van der Waals surface area contributed by atoms with Gasteiger partial charge in [0.2, 0.25) is 0 Å². The SMILES string of the molecule is Cn1nc(-c2cccs2)cc1C(=O)NCCCN1CCOCC1. The number of aryl methyl sites for hydroxylation is 1. The molecular formula is C16H22N4O2S. The third kappa shape index (κ3) is 4.19. The molecule has 124 valence electrons. The van der Waals surface area contributed by atoms with Crippen LogP contribution in [-0.2, 0) is 11.8 Å². The van der Waals surface area contributed by atoms with E-state index >= 15 is 0 Å². The molecule has 1 aliphatic rings. The lowest BCUT2D eigenvalue weighted by molar-refractivity contribution is 0.0374. The zero-order valence-electron chi connectivity index (χ0n) is 13.3. The molecule has 2 aromatic rings. The minimum atomic E-state index is -0.0650. The van der Waals surface area contributed by atoms with Gasteiger partial charge in [-0.1, -0.05) is 6.07 Å². The molecule has 3 heterocycles. The Morgan fingerprint density at radius 1 is 1.43 bits per heavy atom. The van der Waals surface area contributed by atoms with Crippen molar-refractivity contribution in [2.24, 2.45) is 7.05 Å². The molecule has 1 aliphatic heterocycles. The van der Waals surface area contributed by atoms with E-state index in [2.05, 4.69) is 15.3 Å². The zero-order chi connectivity index (χ0) is 16.1. The maximum Gasteiger partial charge on any atom is 0.269 e. The summed E-state index contributed by atoms with van der Waals surface area (Å²) in [5, 5.41) is 9.41. The quantitative estimate of drug-likeness (QED) is 0.815. The van der Waals surface area contributed by atoms with E-state index in [1.54, 1.807) is 23.1 Å². The van der Waals surface area contributed by atoms with Crippen LogP contribution < -0.4 is 5.32 Å². The van der Waals surface area contributed by atoms with Gasteiger partial charge in [-0.05, 0) is 30.5 Å². The van der Waals surface area contributed by atoms with E-state index in [-0.39, 0.29) is 5.91 Å². The topological polar surface area (TPSA) is 59.4 Å². The second-order valence-electron chi connectivity index (χ2n) is 5.58. The van der Waals surface area contributed by atoms with Crippen molar-refractivity contribution in [3.8, 4) is 10.6 Å². The molecule has 0 saturated carbocycles. The molecule has 1 fully saturated rings. The first kappa shape index (κ1) is 16.2. The third-order valence-corrected chi connectivity index (χ3v) is 4.82. The minimum absolute atomic E-state index is 0.0650. The lowest BCUT2D eigenvalue weighted by Crippen LogP contribution is -2.38. The van der Waals surface area contributed by atoms with Crippen LogP contribution in [0, 0.1) is 0 Å². The molecule has 0 unspecified atom stereocenters. The number of thiophene rings is 1. The lowest BCUT2D eigenvalue weighted by Gasteiger charge is -2.26. The summed E-state index contributed by atoms with van der Waals surface area (Å²) in [4.78, 5) is 15.7. The summed E-state index contributed by atoms with van der Waals surface area (Å²) in [5.41, 5.74) is 1.45. The maximum absolute atomic E-state index is 12.3. The van der Waals surface area contributed by atoms with E-state index < -0.39 is 0 Å². The fourth-order valence-electron chi connectivity index (χ4n) is 2.64. The average molecular weight is 334 g/mol. The van der Waals surface area contributed by atoms with Gasteiger partial charge in [0.05, 0.1) is 18.1 Å². The maximum atomic E-state index is 12.3. The first-order valence-electron chi connectivity index (χ1n) is 7.90. The Morgan fingerprint density at radius 2 is 2.26 bits per heavy atom. The van der Waals surface area contributed by atoms with Crippen molar-refractivity contribution in [1.29, 1.82) is 0 Å². The van der Waals surface area contributed by atoms with E-state index in [1.165, 1.54) is 0 Å². The Hall–Kier alpha value is -1.70. The van der Waals surface area contributed by atoms with E-state index in [0.29, 0.717) is 12.2 Å². The number of nitrogens with one attached hydrogen (secondary N) is 1. The summed E-state index contributed by atoms with van der Waals surface area (Å²) < 4.78 is 6.97. The number of carbonyl (C=O) groups excluding carboxylic acids is 1. The molecule has 1 saturated heterocycles. The van der Waals surface area contributed by atoms with E-state index in [4.69, 9.17) is 4.74 Å². The van der Waals surface area contributed by atoms with Gasteiger partial charge in [-0.3, -0.25) is 14.4 Å². The second kappa shape index (κ2) is 7.72. The second-order valence-corrected chi connectivity index (χ2v) is 6.53. The highest BCUT2D eigenvalue weighted by atomic mass is 32.1. The molecule has 2 aromatic heterocycles. The molecule has 0 radical (unpaired) electrons. The molecule has 0 atom stereocenters. The predicted molar refractivity (Wildman–Crippen MR) is 90.7 cm³/mol. The standard InChI is InChI=1S/C16H22N4O2S/c1-19-14(12-13(18-19)15-4-2-11-23-15)16(21)17-5-3-6-20-7-9-22-10-8-20/h2,4,11-12H,3,5-10H2,1H3,(H,17,21). The molecule has 1 amide bonds. The monoisotopic (exact) mass is 334 g/mol. The van der Waals surface area contributed by atoms with Gasteiger partial charge in [0.25, 0.3) is 5.91 Å². The molecular weight excluding hydrogens is 312 g/mol. The zero-order valence-corrected chi connectivity index (χ0v) is 14.1. The van der Waals surface area contributed by atoms with Crippen molar-refractivity contribution in [2.75, 3.05) is 39.4 Å². The first-order valence-corrected chi connectivity index (χ1v) is 8.78. The number of amides is 1. The molecule has 0 bridgehead atoms. The van der Waals surface area contributed by atoms with E-state index in [0.717, 1.165) is 49.8 Å². The fourth-order valence-corrected chi connectivity index (χ4v) is 3.33. The van der Waals surface area contributed by atoms with Crippen LogP contribution in [0.25, 0.3) is 10.6 Å². The largest absolute Gasteiger partial charge is 0.379 e. The molecule has 1 N–H and O–H groups in total. The van der Waals surface area contributed by atoms with Crippen molar-refractivity contribution >= 4 is 17.2 Å². The molecule has 6 nitrogen and oxygen atoms in total. The van der Waals surface area contributed by atoms with Crippen LogP contribution in [0.15, 0.2) is 23.6 Å². The Labute approximate surface area is 140 Å². The summed E-state index contributed by atoms with van der Waals surface area (Å²) in [5.74, 6) is -0.0650. The Bertz CT molecular complexity index is 633. The Balaban J connectivity index is 1.48. The van der Waals surface area contributed by atoms with E-state index in [1.807, 2.05) is 23.6 Å². The van der Waals surface area contributed by atoms with Crippen LogP contribution >= 0.6 is 11.3 Å². The number of aromatic nitrogens is 2. The van der Waals surface area contributed by atoms with Crippen LogP contribution in [0.4, 0.5) is 0 Å². The summed E-state index contributed by atoms with van der Waals surface area (Å²) in [6.07, 6.45) is 0.946. The number of ether oxygens (including phenoxy) is 1. The van der Waals surface area contributed by atoms with Crippen molar-refractivity contribution in [3.05, 3.63) is 29.3 Å². The van der Waals surface area contributed by atoms with Gasteiger partial charge < -0.3 is 10.1 Å². The lowest BCUT2D eigenvalue weighted by atomic mass is 10.3. The van der Waals surface area contributed by atoms with Gasteiger partial charge in [-0.25, -0.2) is 0 Å². The van der Waals surface area contributed by atoms with Crippen LogP contribution in [0.3, 0.4) is 0 Å². The van der Waals surface area contributed by atoms with Gasteiger partial charge >= 0.3 is 0 Å². The smallest absolute Gasteiger partial charge is 0.269 e. The van der Waals surface area contributed by atoms with Crippen LogP contribution in [-0.4, -0.2) is 60.0 Å². The van der Waals surface area contributed by atoms with Crippen LogP contribution in [0.2, 0.25) is 0 Å². The van der Waals surface area contributed by atoms with Gasteiger partial charge in [-0.2, -0.15) is 5.10 Å². The minimum Gasteiger partial charge on any atom is -0.379 e. The fraction of sp³-hybridized carbons (Fsp3) is 0.500. The third-order valence-electron chi connectivity index (χ3n) is 3.93. The number of nitrogens with zero attached hydrogens (tertiary/aromatic N) is 3.